The number of carbonyl (C=O) groups excluding carboxylic acids is 3. The molecule has 0 unspecified atom stereocenters. The first kappa shape index (κ1) is 29.9. The quantitative estimate of drug-likeness (QED) is 0.241. The second kappa shape index (κ2) is 13.4. The van der Waals surface area contributed by atoms with Crippen molar-refractivity contribution in [1.82, 2.24) is 5.32 Å². The Balaban J connectivity index is 1.81. The molecule has 3 amide bonds. The van der Waals surface area contributed by atoms with Gasteiger partial charge in [-0.05, 0) is 87.3 Å². The Labute approximate surface area is 230 Å². The molecule has 1 saturated carbocycles. The highest BCUT2D eigenvalue weighted by Gasteiger charge is 2.44. The van der Waals surface area contributed by atoms with Gasteiger partial charge in [0.2, 0.25) is 0 Å². The Morgan fingerprint density at radius 2 is 1.69 bits per heavy atom. The van der Waals surface area contributed by atoms with Crippen LogP contribution in [0.5, 0.6) is 0 Å². The maximum absolute atomic E-state index is 14.2. The molecule has 1 fully saturated rings. The topological polar surface area (TPSA) is 96.5 Å². The van der Waals surface area contributed by atoms with Crippen LogP contribution in [-0.4, -0.2) is 30.6 Å². The molecule has 0 spiro atoms. The third-order valence-corrected chi connectivity index (χ3v) is 7.47. The lowest BCUT2D eigenvalue weighted by Gasteiger charge is -2.38. The number of hydrogen-bond donors (Lipinski definition) is 3. The fourth-order valence-corrected chi connectivity index (χ4v) is 5.35. The molecule has 0 aromatic heterocycles. The number of urea groups is 1. The SMILES string of the molecule is CCC=CCc1cc(C)c(NC(=O)Nc2cc(F)ccc2C(=O)N[C@@](C)(C(=O)OC)C2CCCCC2)c(C)c1. The van der Waals surface area contributed by atoms with Crippen molar-refractivity contribution in [2.24, 2.45) is 5.92 Å². The van der Waals surface area contributed by atoms with Gasteiger partial charge in [0.1, 0.15) is 11.4 Å². The molecule has 1 aliphatic carbocycles. The molecule has 8 heteroatoms. The molecule has 2 aromatic carbocycles. The lowest BCUT2D eigenvalue weighted by Crippen LogP contribution is -2.58. The summed E-state index contributed by atoms with van der Waals surface area (Å²) in [6.45, 7) is 7.58. The van der Waals surface area contributed by atoms with Gasteiger partial charge in [0.15, 0.2) is 0 Å². The third-order valence-electron chi connectivity index (χ3n) is 7.47. The smallest absolute Gasteiger partial charge is 0.331 e. The van der Waals surface area contributed by atoms with Gasteiger partial charge in [-0.3, -0.25) is 4.79 Å². The van der Waals surface area contributed by atoms with Crippen LogP contribution in [0.2, 0.25) is 0 Å². The molecule has 3 rings (SSSR count). The van der Waals surface area contributed by atoms with Crippen molar-refractivity contribution in [3.8, 4) is 0 Å². The van der Waals surface area contributed by atoms with Crippen LogP contribution in [0.3, 0.4) is 0 Å². The van der Waals surface area contributed by atoms with E-state index in [2.05, 4.69) is 35.0 Å². The lowest BCUT2D eigenvalue weighted by atomic mass is 9.75. The molecule has 0 radical (unpaired) electrons. The van der Waals surface area contributed by atoms with Crippen molar-refractivity contribution in [3.63, 3.8) is 0 Å². The first-order chi connectivity index (χ1) is 18.6. The van der Waals surface area contributed by atoms with Crippen LogP contribution in [0.15, 0.2) is 42.5 Å². The van der Waals surface area contributed by atoms with Crippen molar-refractivity contribution in [2.45, 2.75) is 78.2 Å². The Bertz CT molecular complexity index is 1210. The maximum Gasteiger partial charge on any atom is 0.331 e. The standard InChI is InChI=1S/C31H40FN3O4/c1-6-7-9-12-22-17-20(2)27(21(3)18-22)34-30(38)33-26-19-24(32)15-16-25(26)28(36)35-31(4,29(37)39-5)23-13-10-8-11-14-23/h7,9,15-19,23H,6,8,10-14H2,1-5H3,(H,35,36)(H2,33,34,38)/t31-/m1/s1. The van der Waals surface area contributed by atoms with Gasteiger partial charge in [0.25, 0.3) is 5.91 Å². The van der Waals surface area contributed by atoms with E-state index in [4.69, 9.17) is 4.74 Å². The number of amides is 3. The van der Waals surface area contributed by atoms with Gasteiger partial charge < -0.3 is 20.7 Å². The predicted octanol–water partition coefficient (Wildman–Crippen LogP) is 6.84. The minimum Gasteiger partial charge on any atom is -0.467 e. The van der Waals surface area contributed by atoms with E-state index in [1.165, 1.54) is 13.2 Å². The molecule has 3 N–H and O–H groups in total. The Hall–Kier alpha value is -3.68. The number of rotatable bonds is 9. The highest BCUT2D eigenvalue weighted by molar-refractivity contribution is 6.08. The van der Waals surface area contributed by atoms with Crippen molar-refractivity contribution in [3.05, 3.63) is 70.6 Å². The number of halogens is 1. The van der Waals surface area contributed by atoms with Crippen molar-refractivity contribution in [1.29, 1.82) is 0 Å². The molecule has 39 heavy (non-hydrogen) atoms. The van der Waals surface area contributed by atoms with E-state index < -0.39 is 29.3 Å². The summed E-state index contributed by atoms with van der Waals surface area (Å²) in [6.07, 6.45) is 10.6. The number of methoxy groups -OCH3 is 1. The summed E-state index contributed by atoms with van der Waals surface area (Å²) in [6, 6.07) is 6.96. The molecule has 0 aliphatic heterocycles. The zero-order valence-electron chi connectivity index (χ0n) is 23.6. The molecular formula is C31H40FN3O4. The van der Waals surface area contributed by atoms with Gasteiger partial charge in [-0.15, -0.1) is 0 Å². The van der Waals surface area contributed by atoms with Gasteiger partial charge in [-0.25, -0.2) is 14.0 Å². The summed E-state index contributed by atoms with van der Waals surface area (Å²) < 4.78 is 19.3. The van der Waals surface area contributed by atoms with E-state index in [0.29, 0.717) is 5.69 Å². The number of hydrogen-bond acceptors (Lipinski definition) is 4. The Kier molecular flexibility index (Phi) is 10.3. The number of ether oxygens (including phenoxy) is 1. The normalized spacial score (nSPS) is 15.4. The highest BCUT2D eigenvalue weighted by atomic mass is 19.1. The summed E-state index contributed by atoms with van der Waals surface area (Å²) in [5, 5.41) is 8.31. The molecule has 7 nitrogen and oxygen atoms in total. The van der Waals surface area contributed by atoms with Crippen molar-refractivity contribution >= 4 is 29.3 Å². The lowest BCUT2D eigenvalue weighted by molar-refractivity contribution is -0.150. The average molecular weight is 538 g/mol. The average Bonchev–Trinajstić information content (AvgIpc) is 2.90. The molecule has 0 bridgehead atoms. The monoisotopic (exact) mass is 537 g/mol. The zero-order valence-corrected chi connectivity index (χ0v) is 23.6. The van der Waals surface area contributed by atoms with Gasteiger partial charge in [0.05, 0.1) is 18.4 Å². The predicted molar refractivity (Wildman–Crippen MR) is 153 cm³/mol. The fraction of sp³-hybridized carbons (Fsp3) is 0.452. The van der Waals surface area contributed by atoms with Crippen LogP contribution < -0.4 is 16.0 Å². The maximum atomic E-state index is 14.2. The van der Waals surface area contributed by atoms with Gasteiger partial charge >= 0.3 is 12.0 Å². The van der Waals surface area contributed by atoms with E-state index in [0.717, 1.165) is 73.8 Å². The summed E-state index contributed by atoms with van der Waals surface area (Å²) >= 11 is 0. The van der Waals surface area contributed by atoms with E-state index in [-0.39, 0.29) is 17.2 Å². The van der Waals surface area contributed by atoms with Crippen LogP contribution >= 0.6 is 0 Å². The second-order valence-corrected chi connectivity index (χ2v) is 10.4. The third kappa shape index (κ3) is 7.46. The van der Waals surface area contributed by atoms with Gasteiger partial charge in [-0.2, -0.15) is 0 Å². The van der Waals surface area contributed by atoms with E-state index in [1.807, 2.05) is 26.0 Å². The van der Waals surface area contributed by atoms with Crippen molar-refractivity contribution in [2.75, 3.05) is 17.7 Å². The summed E-state index contributed by atoms with van der Waals surface area (Å²) in [5.41, 5.74) is 2.36. The van der Waals surface area contributed by atoms with Gasteiger partial charge in [-0.1, -0.05) is 50.5 Å². The number of carbonyl (C=O) groups is 3. The van der Waals surface area contributed by atoms with Crippen LogP contribution in [0.4, 0.5) is 20.6 Å². The second-order valence-electron chi connectivity index (χ2n) is 10.4. The molecule has 2 aromatic rings. The van der Waals surface area contributed by atoms with Crippen LogP contribution in [0, 0.1) is 25.6 Å². The Morgan fingerprint density at radius 3 is 2.31 bits per heavy atom. The molecule has 1 aliphatic rings. The van der Waals surface area contributed by atoms with Crippen LogP contribution in [0.25, 0.3) is 0 Å². The van der Waals surface area contributed by atoms with Crippen LogP contribution in [0.1, 0.15) is 79.4 Å². The first-order valence-electron chi connectivity index (χ1n) is 13.6. The molecule has 0 heterocycles. The van der Waals surface area contributed by atoms with Crippen LogP contribution in [-0.2, 0) is 16.0 Å². The van der Waals surface area contributed by atoms with E-state index >= 15 is 0 Å². The van der Waals surface area contributed by atoms with Crippen molar-refractivity contribution < 1.29 is 23.5 Å². The molecule has 0 saturated heterocycles. The summed E-state index contributed by atoms with van der Waals surface area (Å²) in [5.74, 6) is -1.83. The minimum absolute atomic E-state index is 0.00232. The number of allylic oxidation sites excluding steroid dienone is 2. The van der Waals surface area contributed by atoms with E-state index in [1.54, 1.807) is 6.92 Å². The largest absolute Gasteiger partial charge is 0.467 e. The number of aryl methyl sites for hydroxylation is 2. The first-order valence-corrected chi connectivity index (χ1v) is 13.6. The number of anilines is 2. The summed E-state index contributed by atoms with van der Waals surface area (Å²) in [7, 11) is 1.29. The number of benzene rings is 2. The zero-order chi connectivity index (χ0) is 28.6. The molecule has 1 atom stereocenters. The van der Waals surface area contributed by atoms with E-state index in [9.17, 15) is 18.8 Å². The molecule has 210 valence electrons. The summed E-state index contributed by atoms with van der Waals surface area (Å²) in [4.78, 5) is 39.2. The van der Waals surface area contributed by atoms with Gasteiger partial charge in [0, 0.05) is 5.69 Å². The highest BCUT2D eigenvalue weighted by Crippen LogP contribution is 2.34. The Morgan fingerprint density at radius 1 is 1.03 bits per heavy atom. The molecular weight excluding hydrogens is 497 g/mol. The fourth-order valence-electron chi connectivity index (χ4n) is 5.35. The number of esters is 1. The minimum atomic E-state index is -1.25. The number of nitrogens with one attached hydrogen (secondary N) is 3.